The third-order valence-electron chi connectivity index (χ3n) is 4.24. The van der Waals surface area contributed by atoms with Gasteiger partial charge in [-0.25, -0.2) is 9.79 Å². The zero-order chi connectivity index (χ0) is 18.8. The number of carbonyl (C=O) groups is 1. The van der Waals surface area contributed by atoms with Crippen molar-refractivity contribution in [3.63, 3.8) is 0 Å². The van der Waals surface area contributed by atoms with Gasteiger partial charge < -0.3 is 14.8 Å². The van der Waals surface area contributed by atoms with E-state index in [2.05, 4.69) is 21.9 Å². The van der Waals surface area contributed by atoms with Crippen LogP contribution in [0.25, 0.3) is 0 Å². The number of aromatic hydroxyl groups is 1. The van der Waals surface area contributed by atoms with Gasteiger partial charge in [0.2, 0.25) is 5.88 Å². The molecule has 9 heteroatoms. The largest absolute Gasteiger partial charge is 0.494 e. The van der Waals surface area contributed by atoms with Crippen molar-refractivity contribution >= 4 is 40.7 Å². The van der Waals surface area contributed by atoms with Gasteiger partial charge in [0.05, 0.1) is 12.2 Å². The maximum Gasteiger partial charge on any atom is 0.341 e. The Morgan fingerprint density at radius 3 is 2.96 bits per heavy atom. The highest BCUT2D eigenvalue weighted by atomic mass is 32.1. The summed E-state index contributed by atoms with van der Waals surface area (Å²) < 4.78 is 5.22. The highest BCUT2D eigenvalue weighted by molar-refractivity contribution is 7.71. The lowest BCUT2D eigenvalue weighted by atomic mass is 9.88. The molecule has 0 spiro atoms. The van der Waals surface area contributed by atoms with Crippen LogP contribution in [-0.4, -0.2) is 33.9 Å². The van der Waals surface area contributed by atoms with Crippen LogP contribution < -0.4 is 5.56 Å². The zero-order valence-electron chi connectivity index (χ0n) is 14.4. The van der Waals surface area contributed by atoms with Crippen molar-refractivity contribution in [1.82, 2.24) is 9.97 Å². The summed E-state index contributed by atoms with van der Waals surface area (Å²) in [5.41, 5.74) is 0.856. The van der Waals surface area contributed by atoms with Gasteiger partial charge in [-0.2, -0.15) is 0 Å². The average Bonchev–Trinajstić information content (AvgIpc) is 2.91. The summed E-state index contributed by atoms with van der Waals surface area (Å²) >= 11 is 6.23. The Kier molecular flexibility index (Phi) is 5.38. The van der Waals surface area contributed by atoms with Gasteiger partial charge in [0.1, 0.15) is 10.6 Å². The number of hydrogen-bond acceptors (Lipinski definition) is 7. The van der Waals surface area contributed by atoms with Crippen LogP contribution in [-0.2, 0) is 17.6 Å². The molecule has 0 amide bonds. The highest BCUT2D eigenvalue weighted by Gasteiger charge is 2.28. The molecule has 1 aliphatic rings. The number of nitrogens with zero attached hydrogens (tertiary/aromatic N) is 1. The molecule has 1 aliphatic carbocycles. The van der Waals surface area contributed by atoms with Gasteiger partial charge in [0.15, 0.2) is 4.77 Å². The van der Waals surface area contributed by atoms with Crippen molar-refractivity contribution in [1.29, 1.82) is 0 Å². The first-order chi connectivity index (χ1) is 12.4. The molecule has 0 aromatic carbocycles. The van der Waals surface area contributed by atoms with Crippen LogP contribution in [0.15, 0.2) is 9.79 Å². The molecule has 3 rings (SSSR count). The summed E-state index contributed by atoms with van der Waals surface area (Å²) in [5, 5.41) is 10.4. The molecule has 0 saturated heterocycles. The number of aliphatic imine (C=N–C) groups is 1. The lowest BCUT2D eigenvalue weighted by molar-refractivity contribution is 0.0526. The van der Waals surface area contributed by atoms with Crippen molar-refractivity contribution in [3.05, 3.63) is 36.7 Å². The average molecular weight is 393 g/mol. The number of aromatic nitrogens is 2. The Bertz CT molecular complexity index is 987. The molecular weight excluding hydrogens is 374 g/mol. The molecule has 0 bridgehead atoms. The molecule has 26 heavy (non-hydrogen) atoms. The van der Waals surface area contributed by atoms with E-state index in [-0.39, 0.29) is 22.8 Å². The van der Waals surface area contributed by atoms with Crippen molar-refractivity contribution < 1.29 is 14.6 Å². The number of aromatic amines is 2. The van der Waals surface area contributed by atoms with Crippen LogP contribution in [0, 0.1) is 10.7 Å². The van der Waals surface area contributed by atoms with Crippen molar-refractivity contribution in [2.24, 2.45) is 10.9 Å². The predicted molar refractivity (Wildman–Crippen MR) is 103 cm³/mol. The van der Waals surface area contributed by atoms with Crippen LogP contribution in [0.2, 0.25) is 0 Å². The van der Waals surface area contributed by atoms with E-state index in [9.17, 15) is 14.7 Å². The minimum absolute atomic E-state index is 0.0254. The lowest BCUT2D eigenvalue weighted by Gasteiger charge is -2.18. The molecule has 3 N–H and O–H groups in total. The van der Waals surface area contributed by atoms with E-state index in [1.54, 1.807) is 6.92 Å². The summed E-state index contributed by atoms with van der Waals surface area (Å²) in [4.78, 5) is 34.7. The molecule has 0 saturated carbocycles. The molecule has 1 atom stereocenters. The monoisotopic (exact) mass is 393 g/mol. The third kappa shape index (κ3) is 3.63. The second kappa shape index (κ2) is 7.55. The van der Waals surface area contributed by atoms with Crippen LogP contribution in [0.3, 0.4) is 0 Å². The number of nitrogens with one attached hydrogen (secondary N) is 2. The number of esters is 1. The molecular formula is C17H19N3O4S2. The highest BCUT2D eigenvalue weighted by Crippen LogP contribution is 2.41. The van der Waals surface area contributed by atoms with Gasteiger partial charge in [0.25, 0.3) is 5.56 Å². The van der Waals surface area contributed by atoms with E-state index in [4.69, 9.17) is 17.0 Å². The Morgan fingerprint density at radius 1 is 1.50 bits per heavy atom. The summed E-state index contributed by atoms with van der Waals surface area (Å²) in [7, 11) is 0. The second-order valence-electron chi connectivity index (χ2n) is 6.18. The van der Waals surface area contributed by atoms with E-state index in [1.807, 2.05) is 0 Å². The fourth-order valence-electron chi connectivity index (χ4n) is 2.97. The van der Waals surface area contributed by atoms with Crippen LogP contribution in [0.4, 0.5) is 5.00 Å². The number of carbonyl (C=O) groups excluding carboxylic acids is 1. The van der Waals surface area contributed by atoms with E-state index in [0.717, 1.165) is 29.7 Å². The number of H-pyrrole nitrogens is 2. The summed E-state index contributed by atoms with van der Waals surface area (Å²) in [6, 6.07) is 0. The molecule has 0 radical (unpaired) electrons. The molecule has 138 valence electrons. The molecule has 0 fully saturated rings. The Labute approximate surface area is 158 Å². The van der Waals surface area contributed by atoms with E-state index < -0.39 is 11.5 Å². The Balaban J connectivity index is 2.06. The van der Waals surface area contributed by atoms with Gasteiger partial charge in [0, 0.05) is 11.1 Å². The van der Waals surface area contributed by atoms with Crippen LogP contribution in [0.1, 0.15) is 46.6 Å². The fraction of sp³-hybridized carbons (Fsp3) is 0.412. The van der Waals surface area contributed by atoms with Crippen molar-refractivity contribution in [2.75, 3.05) is 6.61 Å². The molecule has 7 nitrogen and oxygen atoms in total. The third-order valence-corrected chi connectivity index (χ3v) is 5.61. The van der Waals surface area contributed by atoms with Crippen molar-refractivity contribution in [2.45, 2.75) is 33.1 Å². The molecule has 0 unspecified atom stereocenters. The quantitative estimate of drug-likeness (QED) is 0.420. The topological polar surface area (TPSA) is 108 Å². The number of ether oxygens (including phenoxy) is 1. The van der Waals surface area contributed by atoms with Gasteiger partial charge in [-0.05, 0) is 49.9 Å². The molecule has 0 aliphatic heterocycles. The zero-order valence-corrected chi connectivity index (χ0v) is 16.1. The fourth-order valence-corrected chi connectivity index (χ4v) is 4.50. The summed E-state index contributed by atoms with van der Waals surface area (Å²) in [6.07, 6.45) is 3.95. The summed E-state index contributed by atoms with van der Waals surface area (Å²) in [6.45, 7) is 4.21. The van der Waals surface area contributed by atoms with Gasteiger partial charge in [-0.3, -0.25) is 9.78 Å². The smallest absolute Gasteiger partial charge is 0.341 e. The van der Waals surface area contributed by atoms with E-state index in [0.29, 0.717) is 16.5 Å². The second-order valence-corrected chi connectivity index (χ2v) is 7.67. The first kappa shape index (κ1) is 18.5. The number of thiophene rings is 1. The molecule has 2 aromatic rings. The van der Waals surface area contributed by atoms with Crippen LogP contribution in [0.5, 0.6) is 5.88 Å². The minimum Gasteiger partial charge on any atom is -0.494 e. The van der Waals surface area contributed by atoms with Gasteiger partial charge in [-0.15, -0.1) is 11.3 Å². The summed E-state index contributed by atoms with van der Waals surface area (Å²) in [5.74, 6) is -0.221. The Morgan fingerprint density at radius 2 is 2.27 bits per heavy atom. The normalized spacial score (nSPS) is 16.6. The predicted octanol–water partition coefficient (Wildman–Crippen LogP) is 3.25. The maximum atomic E-state index is 12.4. The van der Waals surface area contributed by atoms with Crippen LogP contribution >= 0.6 is 23.6 Å². The molecule has 2 heterocycles. The number of fused-ring (bicyclic) bond motifs is 1. The Hall–Kier alpha value is -2.26. The maximum absolute atomic E-state index is 12.4. The van der Waals surface area contributed by atoms with Gasteiger partial charge >= 0.3 is 5.97 Å². The number of hydrogen-bond donors (Lipinski definition) is 3. The van der Waals surface area contributed by atoms with E-state index >= 15 is 0 Å². The number of rotatable bonds is 4. The molecule has 2 aromatic heterocycles. The SMILES string of the molecule is CCOC(=O)c1c(N=Cc2c(O)[nH]c(=S)[nH]c2=O)sc2c1CC[C@H](C)C2. The lowest BCUT2D eigenvalue weighted by Crippen LogP contribution is -2.14. The van der Waals surface area contributed by atoms with Gasteiger partial charge in [-0.1, -0.05) is 6.92 Å². The standard InChI is InChI=1S/C17H19N3O4S2/c1-3-24-16(23)12-9-5-4-8(2)6-11(9)26-15(12)18-7-10-13(21)19-17(25)20-14(10)22/h7-8H,3-6H2,1-2H3,(H3,19,20,21,22,25)/t8-/m0/s1. The van der Waals surface area contributed by atoms with E-state index in [1.165, 1.54) is 17.6 Å². The van der Waals surface area contributed by atoms with Crippen molar-refractivity contribution in [3.8, 4) is 5.88 Å². The first-order valence-corrected chi connectivity index (χ1v) is 9.54. The first-order valence-electron chi connectivity index (χ1n) is 8.32. The minimum atomic E-state index is -0.553.